The Kier molecular flexibility index (Phi) is 11.7. The molecular weight excluding hydrogens is 933 g/mol. The first-order chi connectivity index (χ1) is 30.0. The number of hydrogen-bond donors (Lipinski definition) is 0. The van der Waals surface area contributed by atoms with Crippen molar-refractivity contribution in [1.82, 2.24) is 0 Å². The monoisotopic (exact) mass is 960 g/mol. The van der Waals surface area contributed by atoms with Crippen LogP contribution in [0.1, 0.15) is 31.8 Å². The predicted molar refractivity (Wildman–Crippen MR) is 259 cm³/mol. The summed E-state index contributed by atoms with van der Waals surface area (Å²) in [5, 5.41) is 8.11. The molecule has 0 bridgehead atoms. The topological polar surface area (TPSA) is 52.6 Å². The number of carbonyl (C=O) groups is 2. The lowest BCUT2D eigenvalue weighted by Crippen LogP contribution is -2.72. The highest BCUT2D eigenvalue weighted by Crippen LogP contribution is 2.41. The third-order valence-corrected chi connectivity index (χ3v) is 20.5. The van der Waals surface area contributed by atoms with E-state index in [1.807, 2.05) is 72.8 Å². The second-order valence-corrected chi connectivity index (χ2v) is 23.8. The summed E-state index contributed by atoms with van der Waals surface area (Å²) in [6.45, 7) is 0. The van der Waals surface area contributed by atoms with Gasteiger partial charge in [-0.25, -0.2) is 0 Å². The molecule has 0 heterocycles. The molecule has 0 fully saturated rings. The van der Waals surface area contributed by atoms with Crippen LogP contribution < -0.4 is 40.0 Å². The summed E-state index contributed by atoms with van der Waals surface area (Å²) in [4.78, 5) is 30.4. The third-order valence-electron chi connectivity index (χ3n) is 11.0. The van der Waals surface area contributed by atoms with Crippen LogP contribution in [-0.4, -0.2) is 28.2 Å². The fourth-order valence-electron chi connectivity index (χ4n) is 8.12. The van der Waals surface area contributed by atoms with Gasteiger partial charge in [0.2, 0.25) is 0 Å². The molecule has 0 aromatic heterocycles. The molecule has 0 spiro atoms. The zero-order valence-electron chi connectivity index (χ0n) is 32.2. The summed E-state index contributed by atoms with van der Waals surface area (Å²) >= 11 is 38.9. The van der Waals surface area contributed by atoms with Crippen molar-refractivity contribution in [2.75, 3.05) is 0 Å². The molecule has 0 radical (unpaired) electrons. The van der Waals surface area contributed by atoms with Crippen molar-refractivity contribution >= 4 is 129 Å². The van der Waals surface area contributed by atoms with Gasteiger partial charge in [0, 0.05) is 41.3 Å². The minimum Gasteiger partial charge on any atom is -0.530 e. The maximum Gasteiger partial charge on any atom is 0.346 e. The number of ketones is 2. The SMILES string of the molecule is O=C1c2ccccc2C(=O)c2c(O[Si](c3ccc(Cl)cc3)(c3ccc(Cl)cc3)c3ccc(Cl)cc3)ccc(O[Si](c3ccc(Cl)cc3)(c3ccc(Cl)cc3)c3ccc(Cl)cc3)c21. The van der Waals surface area contributed by atoms with Crippen LogP contribution in [0.4, 0.5) is 0 Å². The van der Waals surface area contributed by atoms with Gasteiger partial charge in [0.15, 0.2) is 11.6 Å². The van der Waals surface area contributed by atoms with E-state index < -0.39 is 28.2 Å². The van der Waals surface area contributed by atoms with Crippen molar-refractivity contribution < 1.29 is 18.4 Å². The van der Waals surface area contributed by atoms with Crippen LogP contribution >= 0.6 is 69.6 Å². The normalized spacial score (nSPS) is 12.4. The maximum atomic E-state index is 15.2. The Hall–Kier alpha value is -5.13. The highest BCUT2D eigenvalue weighted by molar-refractivity contribution is 7.08. The Labute approximate surface area is 390 Å². The van der Waals surface area contributed by atoms with Crippen LogP contribution in [0.3, 0.4) is 0 Å². The average molecular weight is 964 g/mol. The molecule has 0 N–H and O–H groups in total. The molecule has 0 saturated heterocycles. The molecule has 0 atom stereocenters. The highest BCUT2D eigenvalue weighted by atomic mass is 35.5. The van der Waals surface area contributed by atoms with E-state index in [0.29, 0.717) is 30.1 Å². The minimum absolute atomic E-state index is 0.0752. The van der Waals surface area contributed by atoms with Gasteiger partial charge in [-0.3, -0.25) is 9.59 Å². The van der Waals surface area contributed by atoms with Crippen molar-refractivity contribution in [3.05, 3.63) is 234 Å². The number of benzene rings is 8. The first kappa shape index (κ1) is 42.2. The van der Waals surface area contributed by atoms with Crippen molar-refractivity contribution in [2.45, 2.75) is 0 Å². The summed E-state index contributed by atoms with van der Waals surface area (Å²) in [6.07, 6.45) is 0. The van der Waals surface area contributed by atoms with E-state index in [0.717, 1.165) is 31.1 Å². The van der Waals surface area contributed by atoms with Crippen molar-refractivity contribution in [3.63, 3.8) is 0 Å². The summed E-state index contributed by atoms with van der Waals surface area (Å²) < 4.78 is 15.1. The second kappa shape index (κ2) is 17.2. The smallest absolute Gasteiger partial charge is 0.346 e. The van der Waals surface area contributed by atoms with E-state index >= 15 is 9.59 Å². The molecule has 0 unspecified atom stereocenters. The Balaban J connectivity index is 1.34. The first-order valence-electron chi connectivity index (χ1n) is 19.3. The van der Waals surface area contributed by atoms with Gasteiger partial charge in [-0.15, -0.1) is 0 Å². The van der Waals surface area contributed by atoms with Crippen LogP contribution in [0, 0.1) is 0 Å². The molecule has 1 aliphatic carbocycles. The average Bonchev–Trinajstić information content (AvgIpc) is 3.28. The lowest BCUT2D eigenvalue weighted by molar-refractivity contribution is 0.0976. The van der Waals surface area contributed by atoms with Crippen LogP contribution in [-0.2, 0) is 0 Å². The largest absolute Gasteiger partial charge is 0.530 e. The van der Waals surface area contributed by atoms with E-state index in [2.05, 4.69) is 0 Å². The fourth-order valence-corrected chi connectivity index (χ4v) is 16.4. The van der Waals surface area contributed by atoms with Crippen LogP contribution in [0.5, 0.6) is 11.5 Å². The van der Waals surface area contributed by atoms with E-state index in [9.17, 15) is 0 Å². The van der Waals surface area contributed by atoms with Crippen molar-refractivity contribution in [3.8, 4) is 11.5 Å². The molecule has 4 nitrogen and oxygen atoms in total. The molecule has 304 valence electrons. The zero-order valence-corrected chi connectivity index (χ0v) is 38.8. The summed E-state index contributed by atoms with van der Waals surface area (Å²) in [5.74, 6) is -0.385. The first-order valence-corrected chi connectivity index (χ1v) is 25.4. The number of halogens is 6. The molecule has 0 saturated carbocycles. The molecule has 9 rings (SSSR count). The van der Waals surface area contributed by atoms with E-state index in [1.165, 1.54) is 0 Å². The molecule has 1 aliphatic rings. The van der Waals surface area contributed by atoms with E-state index in [-0.39, 0.29) is 33.8 Å². The van der Waals surface area contributed by atoms with Gasteiger partial charge in [0.25, 0.3) is 0 Å². The van der Waals surface area contributed by atoms with Gasteiger partial charge in [0.1, 0.15) is 11.5 Å². The molecule has 8 aromatic rings. The number of rotatable bonds is 10. The molecule has 8 aromatic carbocycles. The summed E-state index contributed by atoms with van der Waals surface area (Å²) in [5.41, 5.74) is 0.651. The van der Waals surface area contributed by atoms with Gasteiger partial charge in [-0.1, -0.05) is 167 Å². The Morgan fingerprint density at radius 2 is 0.500 bits per heavy atom. The Bertz CT molecular complexity index is 2550. The summed E-state index contributed by atoms with van der Waals surface area (Å²) in [6, 6.07) is 55.0. The Morgan fingerprint density at radius 3 is 0.710 bits per heavy atom. The Morgan fingerprint density at radius 1 is 0.290 bits per heavy atom. The van der Waals surface area contributed by atoms with Gasteiger partial charge in [0.05, 0.1) is 11.1 Å². The van der Waals surface area contributed by atoms with Gasteiger partial charge >= 0.3 is 16.6 Å². The molecule has 0 amide bonds. The maximum absolute atomic E-state index is 15.2. The predicted octanol–water partition coefficient (Wildman–Crippen LogP) is 10.5. The molecule has 0 aliphatic heterocycles. The number of carbonyl (C=O) groups excluding carboxylic acids is 2. The lowest BCUT2D eigenvalue weighted by atomic mass is 9.83. The molecule has 62 heavy (non-hydrogen) atoms. The van der Waals surface area contributed by atoms with Gasteiger partial charge in [-0.2, -0.15) is 0 Å². The van der Waals surface area contributed by atoms with E-state index in [4.69, 9.17) is 78.5 Å². The number of hydrogen-bond acceptors (Lipinski definition) is 4. The third kappa shape index (κ3) is 7.59. The standard InChI is InChI=1S/C50H30Cl6O4Si2/c51-31-5-17-37(18-6-31)61(38-19-7-32(52)8-20-38,39-21-9-33(53)10-22-39)59-45-29-30-46(48-47(45)49(57)43-3-1-2-4-44(43)50(48)58)60-62(40-23-11-34(54)12-24-40,41-25-13-35(55)14-26-41)42-27-15-36(56)16-28-42/h1-30H. The van der Waals surface area contributed by atoms with E-state index in [1.54, 1.807) is 109 Å². The van der Waals surface area contributed by atoms with Gasteiger partial charge in [-0.05, 0) is 116 Å². The highest BCUT2D eigenvalue weighted by Gasteiger charge is 2.49. The molecular formula is C50H30Cl6O4Si2. The summed E-state index contributed by atoms with van der Waals surface area (Å²) in [7, 11) is -7.37. The van der Waals surface area contributed by atoms with Crippen molar-refractivity contribution in [2.24, 2.45) is 0 Å². The van der Waals surface area contributed by atoms with Crippen molar-refractivity contribution in [1.29, 1.82) is 0 Å². The quantitative estimate of drug-likeness (QED) is 0.101. The zero-order chi connectivity index (χ0) is 43.2. The fraction of sp³-hybridized carbons (Fsp3) is 0. The van der Waals surface area contributed by atoms with Crippen LogP contribution in [0.2, 0.25) is 30.1 Å². The minimum atomic E-state index is -3.68. The molecule has 12 heteroatoms. The van der Waals surface area contributed by atoms with Crippen LogP contribution in [0.15, 0.2) is 182 Å². The second-order valence-electron chi connectivity index (χ2n) is 14.6. The number of fused-ring (bicyclic) bond motifs is 2. The van der Waals surface area contributed by atoms with Gasteiger partial charge < -0.3 is 8.85 Å². The van der Waals surface area contributed by atoms with Crippen LogP contribution in [0.25, 0.3) is 0 Å². The lowest BCUT2D eigenvalue weighted by Gasteiger charge is -2.37.